The molecule has 0 aliphatic carbocycles. The summed E-state index contributed by atoms with van der Waals surface area (Å²) < 4.78 is 1.07. The number of halogens is 1. The van der Waals surface area contributed by atoms with Crippen molar-refractivity contribution in [2.24, 2.45) is 22.6 Å². The maximum Gasteiger partial charge on any atom is 0.196 e. The summed E-state index contributed by atoms with van der Waals surface area (Å²) in [5, 5.41) is 0. The molecule has 1 aliphatic rings. The lowest BCUT2D eigenvalue weighted by molar-refractivity contribution is 0.304. The van der Waals surface area contributed by atoms with Crippen molar-refractivity contribution in [2.75, 3.05) is 11.4 Å². The molecule has 0 unspecified atom stereocenters. The van der Waals surface area contributed by atoms with Crippen LogP contribution in [0.5, 0.6) is 0 Å². The number of rotatable bonds is 5. The van der Waals surface area contributed by atoms with Crippen LogP contribution in [0.15, 0.2) is 33.7 Å². The van der Waals surface area contributed by atoms with Gasteiger partial charge in [0.05, 0.1) is 12.1 Å². The van der Waals surface area contributed by atoms with E-state index in [2.05, 4.69) is 71.7 Å². The average molecular weight is 352 g/mol. The fourth-order valence-electron chi connectivity index (χ4n) is 3.55. The van der Waals surface area contributed by atoms with Crippen LogP contribution >= 0.6 is 15.9 Å². The zero-order chi connectivity index (χ0) is 15.6. The molecule has 1 aromatic carbocycles. The summed E-state index contributed by atoms with van der Waals surface area (Å²) >= 11 is 3.56. The molecule has 0 saturated heterocycles. The maximum atomic E-state index is 6.25. The fraction of sp³-hybridized carbons (Fsp3) is 0.588. The van der Waals surface area contributed by atoms with Crippen LogP contribution in [0.25, 0.3) is 0 Å². The summed E-state index contributed by atoms with van der Waals surface area (Å²) in [6.45, 7) is 9.89. The SMILES string of the molecule is CC(C)CC1(CC(C)C)CN=C(N)N1c1cccc(Br)c1. The first-order valence-corrected chi connectivity index (χ1v) is 8.49. The van der Waals surface area contributed by atoms with Crippen LogP contribution in [0.4, 0.5) is 5.69 Å². The second-order valence-electron chi connectivity index (χ2n) is 6.91. The van der Waals surface area contributed by atoms with Crippen molar-refractivity contribution >= 4 is 27.6 Å². The molecular weight excluding hydrogens is 326 g/mol. The highest BCUT2D eigenvalue weighted by Crippen LogP contribution is 2.38. The third-order valence-electron chi connectivity index (χ3n) is 3.88. The van der Waals surface area contributed by atoms with E-state index in [1.165, 1.54) is 0 Å². The minimum Gasteiger partial charge on any atom is -0.369 e. The van der Waals surface area contributed by atoms with Crippen molar-refractivity contribution in [1.82, 2.24) is 0 Å². The van der Waals surface area contributed by atoms with Gasteiger partial charge < -0.3 is 10.6 Å². The molecule has 21 heavy (non-hydrogen) atoms. The lowest BCUT2D eigenvalue weighted by atomic mass is 9.81. The Labute approximate surface area is 136 Å². The van der Waals surface area contributed by atoms with Gasteiger partial charge in [0.15, 0.2) is 5.96 Å². The Kier molecular flexibility index (Phi) is 4.97. The van der Waals surface area contributed by atoms with Gasteiger partial charge in [-0.25, -0.2) is 0 Å². The number of hydrogen-bond donors (Lipinski definition) is 1. The summed E-state index contributed by atoms with van der Waals surface area (Å²) in [6, 6.07) is 8.34. The molecule has 1 heterocycles. The molecule has 3 nitrogen and oxygen atoms in total. The van der Waals surface area contributed by atoms with Crippen LogP contribution in [0.2, 0.25) is 0 Å². The van der Waals surface area contributed by atoms with E-state index in [-0.39, 0.29) is 5.54 Å². The monoisotopic (exact) mass is 351 g/mol. The number of guanidine groups is 1. The van der Waals surface area contributed by atoms with Gasteiger partial charge in [-0.05, 0) is 42.9 Å². The van der Waals surface area contributed by atoms with Crippen LogP contribution in [-0.4, -0.2) is 18.0 Å². The van der Waals surface area contributed by atoms with Gasteiger partial charge in [0.1, 0.15) is 0 Å². The number of nitrogens with two attached hydrogens (primary N) is 1. The maximum absolute atomic E-state index is 6.25. The summed E-state index contributed by atoms with van der Waals surface area (Å²) in [4.78, 5) is 6.85. The number of nitrogens with zero attached hydrogens (tertiary/aromatic N) is 2. The van der Waals surface area contributed by atoms with Crippen LogP contribution < -0.4 is 10.6 Å². The highest BCUT2D eigenvalue weighted by molar-refractivity contribution is 9.10. The van der Waals surface area contributed by atoms with Crippen LogP contribution in [0.1, 0.15) is 40.5 Å². The Morgan fingerprint density at radius 2 is 1.86 bits per heavy atom. The zero-order valence-electron chi connectivity index (χ0n) is 13.4. The molecule has 2 rings (SSSR count). The molecule has 0 amide bonds. The number of benzene rings is 1. The molecule has 0 bridgehead atoms. The Morgan fingerprint density at radius 3 is 2.38 bits per heavy atom. The van der Waals surface area contributed by atoms with E-state index >= 15 is 0 Å². The summed E-state index contributed by atoms with van der Waals surface area (Å²) in [6.07, 6.45) is 2.20. The van der Waals surface area contributed by atoms with Crippen LogP contribution in [-0.2, 0) is 0 Å². The summed E-state index contributed by atoms with van der Waals surface area (Å²) in [5.41, 5.74) is 7.38. The minimum absolute atomic E-state index is 0.00715. The molecule has 0 spiro atoms. The first kappa shape index (κ1) is 16.3. The van der Waals surface area contributed by atoms with E-state index in [0.717, 1.165) is 29.5 Å². The molecule has 116 valence electrons. The van der Waals surface area contributed by atoms with E-state index in [0.29, 0.717) is 17.8 Å². The first-order valence-electron chi connectivity index (χ1n) is 7.70. The number of aliphatic imine (C=N–C) groups is 1. The predicted octanol–water partition coefficient (Wildman–Crippen LogP) is 4.41. The van der Waals surface area contributed by atoms with Crippen molar-refractivity contribution in [3.05, 3.63) is 28.7 Å². The van der Waals surface area contributed by atoms with Crippen molar-refractivity contribution in [2.45, 2.75) is 46.1 Å². The molecule has 0 radical (unpaired) electrons. The molecule has 0 saturated carbocycles. The van der Waals surface area contributed by atoms with Crippen molar-refractivity contribution in [1.29, 1.82) is 0 Å². The van der Waals surface area contributed by atoms with Gasteiger partial charge >= 0.3 is 0 Å². The molecule has 0 fully saturated rings. The Balaban J connectivity index is 2.43. The van der Waals surface area contributed by atoms with Gasteiger partial charge in [-0.1, -0.05) is 49.7 Å². The highest BCUT2D eigenvalue weighted by Gasteiger charge is 2.43. The van der Waals surface area contributed by atoms with Gasteiger partial charge in [0, 0.05) is 10.2 Å². The highest BCUT2D eigenvalue weighted by atomic mass is 79.9. The topological polar surface area (TPSA) is 41.6 Å². The van der Waals surface area contributed by atoms with Crippen molar-refractivity contribution in [3.63, 3.8) is 0 Å². The van der Waals surface area contributed by atoms with E-state index in [4.69, 9.17) is 5.73 Å². The van der Waals surface area contributed by atoms with Gasteiger partial charge in [0.25, 0.3) is 0 Å². The van der Waals surface area contributed by atoms with Crippen molar-refractivity contribution < 1.29 is 0 Å². The van der Waals surface area contributed by atoms with Crippen LogP contribution in [0.3, 0.4) is 0 Å². The normalized spacial score (nSPS) is 17.7. The molecule has 0 aromatic heterocycles. The quantitative estimate of drug-likeness (QED) is 0.853. The van der Waals surface area contributed by atoms with Gasteiger partial charge in [0.2, 0.25) is 0 Å². The first-order chi connectivity index (χ1) is 9.84. The van der Waals surface area contributed by atoms with E-state index in [1.54, 1.807) is 0 Å². The summed E-state index contributed by atoms with van der Waals surface area (Å²) in [7, 11) is 0. The Bertz CT molecular complexity index is 513. The van der Waals surface area contributed by atoms with Crippen molar-refractivity contribution in [3.8, 4) is 0 Å². The Hall–Kier alpha value is -1.03. The molecule has 4 heteroatoms. The lowest BCUT2D eigenvalue weighted by Crippen LogP contribution is -2.53. The molecule has 1 aromatic rings. The molecule has 1 aliphatic heterocycles. The standard InChI is InChI=1S/C17H26BrN3/c1-12(2)9-17(10-13(3)4)11-20-16(19)21(17)15-7-5-6-14(18)8-15/h5-8,12-13H,9-11H2,1-4H3,(H2,19,20). The van der Waals surface area contributed by atoms with Gasteiger partial charge in [-0.15, -0.1) is 0 Å². The molecular formula is C17H26BrN3. The Morgan fingerprint density at radius 1 is 1.24 bits per heavy atom. The predicted molar refractivity (Wildman–Crippen MR) is 94.8 cm³/mol. The van der Waals surface area contributed by atoms with Gasteiger partial charge in [-0.2, -0.15) is 0 Å². The molecule has 0 atom stereocenters. The summed E-state index contributed by atoms with van der Waals surface area (Å²) in [5.74, 6) is 1.87. The average Bonchev–Trinajstić information content (AvgIpc) is 2.64. The third-order valence-corrected chi connectivity index (χ3v) is 4.37. The number of hydrogen-bond acceptors (Lipinski definition) is 3. The van der Waals surface area contributed by atoms with Gasteiger partial charge in [-0.3, -0.25) is 4.99 Å². The fourth-order valence-corrected chi connectivity index (χ4v) is 3.94. The zero-order valence-corrected chi connectivity index (χ0v) is 15.0. The smallest absolute Gasteiger partial charge is 0.196 e. The lowest BCUT2D eigenvalue weighted by Gasteiger charge is -2.42. The second-order valence-corrected chi connectivity index (χ2v) is 7.83. The second kappa shape index (κ2) is 6.39. The van der Waals surface area contributed by atoms with E-state index in [9.17, 15) is 0 Å². The third kappa shape index (κ3) is 3.60. The van der Waals surface area contributed by atoms with E-state index in [1.807, 2.05) is 6.07 Å². The largest absolute Gasteiger partial charge is 0.369 e. The van der Waals surface area contributed by atoms with E-state index < -0.39 is 0 Å². The minimum atomic E-state index is 0.00715. The number of anilines is 1. The molecule has 2 N–H and O–H groups in total. The van der Waals surface area contributed by atoms with Crippen LogP contribution in [0, 0.1) is 11.8 Å².